The molecule has 1 fully saturated rings. The largest absolute Gasteiger partial charge is 0.378 e. The summed E-state index contributed by atoms with van der Waals surface area (Å²) in [4.78, 5) is 13.4. The van der Waals surface area contributed by atoms with Gasteiger partial charge in [-0.15, -0.1) is 11.6 Å². The second kappa shape index (κ2) is 5.81. The van der Waals surface area contributed by atoms with Gasteiger partial charge in [0.15, 0.2) is 0 Å². The maximum absolute atomic E-state index is 11.8. The number of sulfonamides is 1. The maximum Gasteiger partial charge on any atom is 0.240 e. The van der Waals surface area contributed by atoms with E-state index in [2.05, 4.69) is 4.72 Å². The Kier molecular flexibility index (Phi) is 4.97. The van der Waals surface area contributed by atoms with Crippen molar-refractivity contribution in [2.45, 2.75) is 13.0 Å². The van der Waals surface area contributed by atoms with Crippen LogP contribution in [0.2, 0.25) is 0 Å². The predicted molar refractivity (Wildman–Crippen MR) is 59.6 cm³/mol. The number of nitrogens with zero attached hydrogens (tertiary/aromatic N) is 1. The fourth-order valence-corrected chi connectivity index (χ4v) is 2.30. The Hall–Kier alpha value is -0.370. The van der Waals surface area contributed by atoms with Crippen molar-refractivity contribution in [2.24, 2.45) is 0 Å². The van der Waals surface area contributed by atoms with Crippen molar-refractivity contribution in [1.29, 1.82) is 0 Å². The number of morpholine rings is 1. The number of halogens is 1. The van der Waals surface area contributed by atoms with E-state index in [1.54, 1.807) is 4.90 Å². The normalized spacial score (nSPS) is 19.5. The third kappa shape index (κ3) is 3.89. The zero-order valence-corrected chi connectivity index (χ0v) is 10.6. The van der Waals surface area contributed by atoms with Crippen LogP contribution in [0.25, 0.3) is 0 Å². The van der Waals surface area contributed by atoms with Crippen LogP contribution in [-0.4, -0.2) is 56.8 Å². The molecule has 0 spiro atoms. The summed E-state index contributed by atoms with van der Waals surface area (Å²) in [7, 11) is -3.57. The number of hydrogen-bond donors (Lipinski definition) is 1. The Morgan fingerprint density at radius 1 is 1.50 bits per heavy atom. The monoisotopic (exact) mass is 270 g/mol. The smallest absolute Gasteiger partial charge is 0.240 e. The van der Waals surface area contributed by atoms with Crippen LogP contribution in [0, 0.1) is 0 Å². The van der Waals surface area contributed by atoms with Crippen molar-refractivity contribution >= 4 is 27.5 Å². The lowest BCUT2D eigenvalue weighted by atomic mass is 10.3. The summed E-state index contributed by atoms with van der Waals surface area (Å²) in [6, 6.07) is -0.790. The molecular weight excluding hydrogens is 256 g/mol. The number of ether oxygens (including phenoxy) is 1. The second-order valence-electron chi connectivity index (χ2n) is 3.50. The van der Waals surface area contributed by atoms with Gasteiger partial charge in [0.25, 0.3) is 0 Å². The van der Waals surface area contributed by atoms with Crippen molar-refractivity contribution < 1.29 is 17.9 Å². The molecule has 1 saturated heterocycles. The summed E-state index contributed by atoms with van der Waals surface area (Å²) < 4.78 is 29.6. The summed E-state index contributed by atoms with van der Waals surface area (Å²) in [6.45, 7) is 3.46. The van der Waals surface area contributed by atoms with Crippen LogP contribution >= 0.6 is 11.6 Å². The number of rotatable bonds is 4. The molecule has 16 heavy (non-hydrogen) atoms. The molecule has 1 rings (SSSR count). The Bertz CT molecular complexity index is 340. The lowest BCUT2D eigenvalue weighted by Gasteiger charge is -2.29. The molecule has 1 unspecified atom stereocenters. The van der Waals surface area contributed by atoms with Gasteiger partial charge in [0.05, 0.1) is 19.3 Å². The molecule has 0 aromatic carbocycles. The van der Waals surface area contributed by atoms with E-state index in [9.17, 15) is 13.2 Å². The molecule has 1 aliphatic heterocycles. The number of alkyl halides is 1. The third-order valence-corrected chi connectivity index (χ3v) is 4.05. The van der Waals surface area contributed by atoms with Crippen molar-refractivity contribution in [3.63, 3.8) is 0 Å². The van der Waals surface area contributed by atoms with Crippen LogP contribution in [0.4, 0.5) is 0 Å². The molecule has 1 amide bonds. The molecule has 1 aliphatic rings. The van der Waals surface area contributed by atoms with E-state index >= 15 is 0 Å². The maximum atomic E-state index is 11.8. The predicted octanol–water partition coefficient (Wildman–Crippen LogP) is -0.651. The topological polar surface area (TPSA) is 75.7 Å². The van der Waals surface area contributed by atoms with Crippen LogP contribution in [0.1, 0.15) is 6.92 Å². The molecule has 94 valence electrons. The van der Waals surface area contributed by atoms with Gasteiger partial charge in [-0.1, -0.05) is 0 Å². The van der Waals surface area contributed by atoms with E-state index in [0.29, 0.717) is 26.3 Å². The summed E-state index contributed by atoms with van der Waals surface area (Å²) in [5.41, 5.74) is 0. The highest BCUT2D eigenvalue weighted by molar-refractivity contribution is 7.90. The molecule has 1 atom stereocenters. The van der Waals surface area contributed by atoms with Crippen LogP contribution in [-0.2, 0) is 19.6 Å². The Morgan fingerprint density at radius 2 is 2.06 bits per heavy atom. The second-order valence-corrected chi connectivity index (χ2v) is 5.84. The molecule has 0 radical (unpaired) electrons. The first-order valence-electron chi connectivity index (χ1n) is 4.89. The molecule has 1 N–H and O–H groups in total. The molecule has 6 nitrogen and oxygen atoms in total. The van der Waals surface area contributed by atoms with Crippen molar-refractivity contribution in [3.05, 3.63) is 0 Å². The third-order valence-electron chi connectivity index (χ3n) is 2.19. The molecule has 0 bridgehead atoms. The van der Waals surface area contributed by atoms with Gasteiger partial charge in [-0.2, -0.15) is 0 Å². The summed E-state index contributed by atoms with van der Waals surface area (Å²) in [5.74, 6) is -0.253. The molecule has 0 saturated carbocycles. The van der Waals surface area contributed by atoms with Gasteiger partial charge >= 0.3 is 0 Å². The van der Waals surface area contributed by atoms with Crippen LogP contribution in [0.5, 0.6) is 0 Å². The fourth-order valence-electron chi connectivity index (χ4n) is 1.41. The van der Waals surface area contributed by atoms with E-state index in [1.165, 1.54) is 6.92 Å². The van der Waals surface area contributed by atoms with E-state index < -0.39 is 21.3 Å². The molecule has 1 heterocycles. The number of nitrogens with one attached hydrogen (secondary N) is 1. The highest BCUT2D eigenvalue weighted by Gasteiger charge is 2.25. The zero-order valence-electron chi connectivity index (χ0n) is 8.98. The van der Waals surface area contributed by atoms with Crippen molar-refractivity contribution in [2.75, 3.05) is 31.5 Å². The van der Waals surface area contributed by atoms with E-state index in [0.717, 1.165) is 0 Å². The quantitative estimate of drug-likeness (QED) is 0.689. The fraction of sp³-hybridized carbons (Fsp3) is 0.875. The molecule has 0 aromatic rings. The molecule has 0 aromatic heterocycles. The summed E-state index contributed by atoms with van der Waals surface area (Å²) >= 11 is 5.23. The minimum atomic E-state index is -3.57. The molecule has 0 aliphatic carbocycles. The van der Waals surface area contributed by atoms with Crippen LogP contribution in [0.3, 0.4) is 0 Å². The number of amides is 1. The zero-order chi connectivity index (χ0) is 12.2. The van der Waals surface area contributed by atoms with E-state index in [1.807, 2.05) is 0 Å². The Labute approximate surface area is 99.9 Å². The summed E-state index contributed by atoms with van der Waals surface area (Å²) in [6.07, 6.45) is 0. The average molecular weight is 271 g/mol. The lowest BCUT2D eigenvalue weighted by Crippen LogP contribution is -2.50. The first-order valence-corrected chi connectivity index (χ1v) is 7.07. The molecular formula is C8H15ClN2O4S. The minimum Gasteiger partial charge on any atom is -0.378 e. The summed E-state index contributed by atoms with van der Waals surface area (Å²) in [5, 5.41) is -0.548. The Morgan fingerprint density at radius 3 is 2.56 bits per heavy atom. The van der Waals surface area contributed by atoms with Crippen molar-refractivity contribution in [1.82, 2.24) is 9.62 Å². The Balaban J connectivity index is 2.53. The standard InChI is InChI=1S/C8H15ClN2O4S/c1-7(10-16(13,14)6-9)8(12)11-2-4-15-5-3-11/h7,10H,2-6H2,1H3. The highest BCUT2D eigenvalue weighted by Crippen LogP contribution is 2.02. The number of hydrogen-bond acceptors (Lipinski definition) is 4. The van der Waals surface area contributed by atoms with Gasteiger partial charge < -0.3 is 9.64 Å². The van der Waals surface area contributed by atoms with Crippen molar-refractivity contribution in [3.8, 4) is 0 Å². The number of carbonyl (C=O) groups is 1. The van der Waals surface area contributed by atoms with Crippen LogP contribution in [0.15, 0.2) is 0 Å². The highest BCUT2D eigenvalue weighted by atomic mass is 35.5. The lowest BCUT2D eigenvalue weighted by molar-refractivity contribution is -0.136. The number of carbonyl (C=O) groups excluding carboxylic acids is 1. The SMILES string of the molecule is CC(NS(=O)(=O)CCl)C(=O)N1CCOCC1. The first-order chi connectivity index (χ1) is 7.46. The van der Waals surface area contributed by atoms with Gasteiger partial charge in [0.1, 0.15) is 5.21 Å². The van der Waals surface area contributed by atoms with E-state index in [4.69, 9.17) is 16.3 Å². The van der Waals surface area contributed by atoms with Gasteiger partial charge in [0.2, 0.25) is 15.9 Å². The van der Waals surface area contributed by atoms with Gasteiger partial charge in [-0.3, -0.25) is 4.79 Å². The van der Waals surface area contributed by atoms with Gasteiger partial charge in [-0.05, 0) is 6.92 Å². The van der Waals surface area contributed by atoms with Gasteiger partial charge in [0, 0.05) is 13.1 Å². The van der Waals surface area contributed by atoms with Gasteiger partial charge in [-0.25, -0.2) is 13.1 Å². The minimum absolute atomic E-state index is 0.253. The first kappa shape index (κ1) is 13.7. The van der Waals surface area contributed by atoms with E-state index in [-0.39, 0.29) is 5.91 Å². The molecule has 8 heteroatoms. The van der Waals surface area contributed by atoms with Crippen LogP contribution < -0.4 is 4.72 Å². The average Bonchev–Trinajstić information content (AvgIpc) is 2.28.